The van der Waals surface area contributed by atoms with Crippen molar-refractivity contribution < 1.29 is 4.39 Å². The highest BCUT2D eigenvalue weighted by molar-refractivity contribution is 9.10. The fourth-order valence-electron chi connectivity index (χ4n) is 2.92. The van der Waals surface area contributed by atoms with Gasteiger partial charge in [0, 0.05) is 26.2 Å². The van der Waals surface area contributed by atoms with Crippen molar-refractivity contribution in [3.05, 3.63) is 28.0 Å². The summed E-state index contributed by atoms with van der Waals surface area (Å²) in [4.78, 5) is 2.09. The molecule has 0 spiro atoms. The zero-order chi connectivity index (χ0) is 12.7. The molecule has 2 heterocycles. The maximum absolute atomic E-state index is 14.2. The molecule has 2 aliphatic rings. The third kappa shape index (κ3) is 1.80. The van der Waals surface area contributed by atoms with Gasteiger partial charge >= 0.3 is 0 Å². The lowest BCUT2D eigenvalue weighted by atomic mass is 10.0. The van der Waals surface area contributed by atoms with Gasteiger partial charge in [0.2, 0.25) is 0 Å². The summed E-state index contributed by atoms with van der Waals surface area (Å²) in [7, 11) is 0. The maximum Gasteiger partial charge on any atom is 0.161 e. The smallest absolute Gasteiger partial charge is 0.161 e. The van der Waals surface area contributed by atoms with Crippen molar-refractivity contribution in [3.63, 3.8) is 0 Å². The lowest BCUT2D eigenvalue weighted by Gasteiger charge is -2.21. The van der Waals surface area contributed by atoms with E-state index in [0.29, 0.717) is 23.1 Å². The van der Waals surface area contributed by atoms with E-state index in [2.05, 4.69) is 26.1 Å². The second-order valence-corrected chi connectivity index (χ2v) is 5.75. The molecular weight excluding hydrogens is 297 g/mol. The number of nitrogens with one attached hydrogen (secondary N) is 1. The summed E-state index contributed by atoms with van der Waals surface area (Å²) in [6.45, 7) is 3.85. The zero-order valence-corrected chi connectivity index (χ0v) is 11.4. The van der Waals surface area contributed by atoms with Crippen LogP contribution in [0.1, 0.15) is 5.56 Å². The fraction of sp³-hybridized carbons (Fsp3) is 0.462. The quantitative estimate of drug-likeness (QED) is 0.863. The number of anilines is 1. The van der Waals surface area contributed by atoms with Gasteiger partial charge < -0.3 is 10.2 Å². The Kier molecular flexibility index (Phi) is 3.00. The highest BCUT2D eigenvalue weighted by Crippen LogP contribution is 2.35. The van der Waals surface area contributed by atoms with Gasteiger partial charge in [0.15, 0.2) is 5.82 Å². The van der Waals surface area contributed by atoms with Crippen LogP contribution in [0.3, 0.4) is 0 Å². The lowest BCUT2D eigenvalue weighted by Crippen LogP contribution is -2.26. The van der Waals surface area contributed by atoms with Crippen molar-refractivity contribution in [3.8, 4) is 6.07 Å². The van der Waals surface area contributed by atoms with E-state index in [-0.39, 0.29) is 10.3 Å². The predicted octanol–water partition coefficient (Wildman–Crippen LogP) is 2.12. The predicted molar refractivity (Wildman–Crippen MR) is 70.9 cm³/mol. The largest absolute Gasteiger partial charge is 0.368 e. The summed E-state index contributed by atoms with van der Waals surface area (Å²) in [5.41, 5.74) is 0.951. The van der Waals surface area contributed by atoms with Crippen LogP contribution < -0.4 is 10.2 Å². The first-order valence-corrected chi connectivity index (χ1v) is 6.83. The number of hydrogen-bond donors (Lipinski definition) is 1. The SMILES string of the molecule is N#Cc1ccc(N2C[C@H]3CNC[C@H]3C2)c(F)c1Br. The number of halogens is 2. The first-order chi connectivity index (χ1) is 8.70. The molecule has 0 aromatic heterocycles. The van der Waals surface area contributed by atoms with Crippen LogP contribution in [0.15, 0.2) is 16.6 Å². The van der Waals surface area contributed by atoms with Gasteiger partial charge in [-0.05, 0) is 39.9 Å². The Morgan fingerprint density at radius 1 is 1.33 bits per heavy atom. The topological polar surface area (TPSA) is 39.1 Å². The minimum atomic E-state index is -0.318. The maximum atomic E-state index is 14.2. The van der Waals surface area contributed by atoms with Crippen LogP contribution in [0.5, 0.6) is 0 Å². The molecule has 5 heteroatoms. The number of hydrogen-bond acceptors (Lipinski definition) is 3. The van der Waals surface area contributed by atoms with Gasteiger partial charge in [-0.15, -0.1) is 0 Å². The number of nitriles is 1. The first kappa shape index (κ1) is 11.9. The summed E-state index contributed by atoms with van der Waals surface area (Å²) in [6.07, 6.45) is 0. The van der Waals surface area contributed by atoms with Gasteiger partial charge in [0.05, 0.1) is 15.7 Å². The molecule has 2 fully saturated rings. The lowest BCUT2D eigenvalue weighted by molar-refractivity contribution is 0.533. The van der Waals surface area contributed by atoms with Crippen molar-refractivity contribution in [2.45, 2.75) is 0 Å². The Balaban J connectivity index is 1.90. The Bertz CT molecular complexity index is 514. The van der Waals surface area contributed by atoms with E-state index in [1.807, 2.05) is 6.07 Å². The second kappa shape index (κ2) is 4.52. The average molecular weight is 310 g/mol. The van der Waals surface area contributed by atoms with E-state index in [1.165, 1.54) is 0 Å². The highest BCUT2D eigenvalue weighted by Gasteiger charge is 2.37. The number of rotatable bonds is 1. The molecule has 2 atom stereocenters. The van der Waals surface area contributed by atoms with Crippen molar-refractivity contribution in [1.82, 2.24) is 5.32 Å². The molecule has 0 radical (unpaired) electrons. The molecule has 1 aromatic carbocycles. The van der Waals surface area contributed by atoms with E-state index < -0.39 is 0 Å². The summed E-state index contributed by atoms with van der Waals surface area (Å²) in [6, 6.07) is 5.37. The van der Waals surface area contributed by atoms with Crippen LogP contribution in [-0.4, -0.2) is 26.2 Å². The molecule has 2 saturated heterocycles. The molecule has 0 amide bonds. The molecule has 0 saturated carbocycles. The van der Waals surface area contributed by atoms with Gasteiger partial charge in [-0.1, -0.05) is 0 Å². The average Bonchev–Trinajstić information content (AvgIpc) is 2.93. The molecule has 0 unspecified atom stereocenters. The third-order valence-corrected chi connectivity index (χ3v) is 4.69. The molecule has 3 rings (SSSR count). The minimum Gasteiger partial charge on any atom is -0.368 e. The number of nitrogens with zero attached hydrogens (tertiary/aromatic N) is 2. The van der Waals surface area contributed by atoms with Crippen LogP contribution >= 0.6 is 15.9 Å². The van der Waals surface area contributed by atoms with E-state index in [9.17, 15) is 4.39 Å². The van der Waals surface area contributed by atoms with E-state index in [1.54, 1.807) is 12.1 Å². The Morgan fingerprint density at radius 2 is 2.00 bits per heavy atom. The number of benzene rings is 1. The Hall–Kier alpha value is -1.12. The van der Waals surface area contributed by atoms with E-state index in [4.69, 9.17) is 5.26 Å². The monoisotopic (exact) mass is 309 g/mol. The molecule has 1 N–H and O–H groups in total. The molecule has 3 nitrogen and oxygen atoms in total. The van der Waals surface area contributed by atoms with Crippen LogP contribution in [0.4, 0.5) is 10.1 Å². The summed E-state index contributed by atoms with van der Waals surface area (Å²) in [5.74, 6) is 0.930. The normalized spacial score (nSPS) is 26.2. The fourth-order valence-corrected chi connectivity index (χ4v) is 3.35. The first-order valence-electron chi connectivity index (χ1n) is 6.04. The van der Waals surface area contributed by atoms with Gasteiger partial charge in [-0.3, -0.25) is 0 Å². The molecule has 0 aliphatic carbocycles. The van der Waals surface area contributed by atoms with Crippen LogP contribution in [0.2, 0.25) is 0 Å². The van der Waals surface area contributed by atoms with Gasteiger partial charge in [-0.2, -0.15) is 5.26 Å². The standard InChI is InChI=1S/C13H13BrFN3/c14-12-8(3-16)1-2-11(13(12)15)18-6-9-4-17-5-10(9)7-18/h1-2,9-10,17H,4-7H2/t9-,10+. The molecule has 94 valence electrons. The molecule has 1 aromatic rings. The molecule has 0 bridgehead atoms. The van der Waals surface area contributed by atoms with Crippen LogP contribution in [-0.2, 0) is 0 Å². The van der Waals surface area contributed by atoms with Crippen molar-refractivity contribution in [2.24, 2.45) is 11.8 Å². The van der Waals surface area contributed by atoms with Crippen molar-refractivity contribution >= 4 is 21.6 Å². The minimum absolute atomic E-state index is 0.276. The summed E-state index contributed by atoms with van der Waals surface area (Å²) in [5, 5.41) is 12.2. The molecular formula is C13H13BrFN3. The zero-order valence-electron chi connectivity index (χ0n) is 9.79. The molecule has 18 heavy (non-hydrogen) atoms. The van der Waals surface area contributed by atoms with Gasteiger partial charge in [-0.25, -0.2) is 4.39 Å². The van der Waals surface area contributed by atoms with Crippen LogP contribution in [0.25, 0.3) is 0 Å². The van der Waals surface area contributed by atoms with Gasteiger partial charge in [0.1, 0.15) is 6.07 Å². The van der Waals surface area contributed by atoms with Crippen LogP contribution in [0, 0.1) is 29.0 Å². The van der Waals surface area contributed by atoms with Crippen molar-refractivity contribution in [1.29, 1.82) is 5.26 Å². The van der Waals surface area contributed by atoms with Crippen molar-refractivity contribution in [2.75, 3.05) is 31.1 Å². The summed E-state index contributed by atoms with van der Waals surface area (Å²) >= 11 is 3.16. The second-order valence-electron chi connectivity index (χ2n) is 4.96. The van der Waals surface area contributed by atoms with Gasteiger partial charge in [0.25, 0.3) is 0 Å². The highest BCUT2D eigenvalue weighted by atomic mass is 79.9. The van der Waals surface area contributed by atoms with E-state index in [0.717, 1.165) is 26.2 Å². The number of fused-ring (bicyclic) bond motifs is 1. The third-order valence-electron chi connectivity index (χ3n) is 3.91. The Morgan fingerprint density at radius 3 is 2.61 bits per heavy atom. The Labute approximate surface area is 114 Å². The van der Waals surface area contributed by atoms with E-state index >= 15 is 0 Å². The molecule has 2 aliphatic heterocycles. The summed E-state index contributed by atoms with van der Waals surface area (Å²) < 4.78 is 14.5.